The molecule has 0 radical (unpaired) electrons. The average Bonchev–Trinajstić information content (AvgIpc) is 3.28. The number of aryl methyl sites for hydroxylation is 2. The number of carbonyl (C=O) groups excluding carboxylic acids is 1. The third-order valence-corrected chi connectivity index (χ3v) is 6.14. The van der Waals surface area contributed by atoms with Crippen molar-refractivity contribution in [3.05, 3.63) is 50.7 Å². The number of pyridine rings is 1. The van der Waals surface area contributed by atoms with Gasteiger partial charge in [0, 0.05) is 25.5 Å². The molecule has 29 heavy (non-hydrogen) atoms. The lowest BCUT2D eigenvalue weighted by Gasteiger charge is -2.19. The van der Waals surface area contributed by atoms with E-state index in [0.29, 0.717) is 18.7 Å². The predicted octanol–water partition coefficient (Wildman–Crippen LogP) is 2.60. The summed E-state index contributed by atoms with van der Waals surface area (Å²) < 4.78 is 7.27. The smallest absolute Gasteiger partial charge is 0.263 e. The van der Waals surface area contributed by atoms with Crippen LogP contribution >= 0.6 is 0 Å². The van der Waals surface area contributed by atoms with Crippen LogP contribution in [0.15, 0.2) is 17.1 Å². The summed E-state index contributed by atoms with van der Waals surface area (Å²) in [5, 5.41) is 7.62. The van der Waals surface area contributed by atoms with Crippen molar-refractivity contribution in [1.82, 2.24) is 19.7 Å². The van der Waals surface area contributed by atoms with Gasteiger partial charge in [0.15, 0.2) is 0 Å². The van der Waals surface area contributed by atoms with Crippen molar-refractivity contribution in [3.63, 3.8) is 0 Å². The average molecular weight is 399 g/mol. The fraction of sp³-hybridized carbons (Fsp3) is 0.591. The summed E-state index contributed by atoms with van der Waals surface area (Å²) in [5.74, 6) is -0.250. The Morgan fingerprint density at radius 3 is 2.93 bits per heavy atom. The molecule has 0 bridgehead atoms. The second kappa shape index (κ2) is 8.53. The van der Waals surface area contributed by atoms with E-state index in [-0.39, 0.29) is 23.1 Å². The zero-order valence-corrected chi connectivity index (χ0v) is 17.4. The molecule has 7 nitrogen and oxygen atoms in total. The van der Waals surface area contributed by atoms with Gasteiger partial charge in [-0.15, -0.1) is 0 Å². The fourth-order valence-corrected chi connectivity index (χ4v) is 4.42. The predicted molar refractivity (Wildman–Crippen MR) is 110 cm³/mol. The lowest BCUT2D eigenvalue weighted by molar-refractivity contribution is 0.0776. The molecule has 0 aromatic carbocycles. The standard InChI is InChI=1S/C22H30N4O3/c1-15-10-11-26(13-16-7-6-12-29-16)22(28)20(15)21(27)25(2)14-19-17-8-4-3-5-9-18(17)23-24-19/h10-11,16H,3-9,12-14H2,1-2H3,(H,23,24). The summed E-state index contributed by atoms with van der Waals surface area (Å²) >= 11 is 0. The molecule has 1 amide bonds. The molecule has 0 spiro atoms. The summed E-state index contributed by atoms with van der Waals surface area (Å²) in [6.07, 6.45) is 9.37. The largest absolute Gasteiger partial charge is 0.376 e. The van der Waals surface area contributed by atoms with E-state index in [2.05, 4.69) is 10.2 Å². The van der Waals surface area contributed by atoms with Gasteiger partial charge in [0.1, 0.15) is 5.56 Å². The van der Waals surface area contributed by atoms with Crippen molar-refractivity contribution in [2.45, 2.75) is 71.1 Å². The SMILES string of the molecule is Cc1ccn(CC2CCCO2)c(=O)c1C(=O)N(C)Cc1n[nH]c2c1CCCCC2. The van der Waals surface area contributed by atoms with Gasteiger partial charge >= 0.3 is 0 Å². The number of rotatable bonds is 5. The molecule has 1 saturated heterocycles. The number of amides is 1. The van der Waals surface area contributed by atoms with E-state index in [4.69, 9.17) is 4.74 Å². The van der Waals surface area contributed by atoms with E-state index >= 15 is 0 Å². The Bertz CT molecular complexity index is 940. The van der Waals surface area contributed by atoms with E-state index < -0.39 is 0 Å². The van der Waals surface area contributed by atoms with Crippen molar-refractivity contribution >= 4 is 5.91 Å². The number of nitrogens with zero attached hydrogens (tertiary/aromatic N) is 3. The molecule has 1 N–H and O–H groups in total. The van der Waals surface area contributed by atoms with Gasteiger partial charge in [-0.1, -0.05) is 6.42 Å². The minimum Gasteiger partial charge on any atom is -0.376 e. The Kier molecular flexibility index (Phi) is 5.85. The molecule has 2 aromatic heterocycles. The van der Waals surface area contributed by atoms with Crippen molar-refractivity contribution in [3.8, 4) is 0 Å². The maximum atomic E-state index is 13.2. The molecule has 0 saturated carbocycles. The lowest BCUT2D eigenvalue weighted by atomic mass is 10.1. The van der Waals surface area contributed by atoms with Crippen LogP contribution in [0.25, 0.3) is 0 Å². The highest BCUT2D eigenvalue weighted by Crippen LogP contribution is 2.23. The van der Waals surface area contributed by atoms with Gasteiger partial charge in [-0.2, -0.15) is 5.10 Å². The van der Waals surface area contributed by atoms with Crippen LogP contribution in [0.2, 0.25) is 0 Å². The number of hydrogen-bond donors (Lipinski definition) is 1. The molecule has 1 aliphatic heterocycles. The van der Waals surface area contributed by atoms with E-state index in [0.717, 1.165) is 44.4 Å². The van der Waals surface area contributed by atoms with Crippen LogP contribution in [0, 0.1) is 6.92 Å². The first-order chi connectivity index (χ1) is 14.0. The minimum atomic E-state index is -0.250. The second-order valence-corrected chi connectivity index (χ2v) is 8.32. The number of ether oxygens (including phenoxy) is 1. The molecule has 1 atom stereocenters. The molecule has 2 aliphatic rings. The van der Waals surface area contributed by atoms with Crippen LogP contribution in [0.1, 0.15) is 65.0 Å². The summed E-state index contributed by atoms with van der Waals surface area (Å²) in [6, 6.07) is 1.85. The molecule has 7 heteroatoms. The van der Waals surface area contributed by atoms with Crippen LogP contribution in [-0.4, -0.2) is 45.3 Å². The molecule has 2 aromatic rings. The maximum Gasteiger partial charge on any atom is 0.263 e. The number of hydrogen-bond acceptors (Lipinski definition) is 4. The maximum absolute atomic E-state index is 13.2. The molecule has 1 unspecified atom stereocenters. The van der Waals surface area contributed by atoms with E-state index in [1.807, 2.05) is 13.0 Å². The van der Waals surface area contributed by atoms with Crippen LogP contribution in [0.4, 0.5) is 0 Å². The van der Waals surface area contributed by atoms with Crippen molar-refractivity contribution in [2.24, 2.45) is 0 Å². The van der Waals surface area contributed by atoms with Gasteiger partial charge in [0.25, 0.3) is 11.5 Å². The highest BCUT2D eigenvalue weighted by molar-refractivity contribution is 5.95. The van der Waals surface area contributed by atoms with Gasteiger partial charge in [0.2, 0.25) is 0 Å². The molecular weight excluding hydrogens is 368 g/mol. The highest BCUT2D eigenvalue weighted by atomic mass is 16.5. The van der Waals surface area contributed by atoms with Crippen LogP contribution in [0.3, 0.4) is 0 Å². The monoisotopic (exact) mass is 398 g/mol. The zero-order valence-electron chi connectivity index (χ0n) is 17.4. The molecule has 156 valence electrons. The first-order valence-electron chi connectivity index (χ1n) is 10.7. The van der Waals surface area contributed by atoms with E-state index in [9.17, 15) is 9.59 Å². The van der Waals surface area contributed by atoms with Crippen LogP contribution in [0.5, 0.6) is 0 Å². The number of H-pyrrole nitrogens is 1. The van der Waals surface area contributed by atoms with Crippen LogP contribution < -0.4 is 5.56 Å². The van der Waals surface area contributed by atoms with Crippen molar-refractivity contribution in [1.29, 1.82) is 0 Å². The Balaban J connectivity index is 1.54. The van der Waals surface area contributed by atoms with Crippen molar-refractivity contribution in [2.75, 3.05) is 13.7 Å². The number of fused-ring (bicyclic) bond motifs is 1. The summed E-state index contributed by atoms with van der Waals surface area (Å²) in [4.78, 5) is 27.8. The van der Waals surface area contributed by atoms with Gasteiger partial charge in [-0.3, -0.25) is 14.7 Å². The Hall–Kier alpha value is -2.41. The lowest BCUT2D eigenvalue weighted by Crippen LogP contribution is -2.36. The Labute approximate surface area is 171 Å². The topological polar surface area (TPSA) is 80.2 Å². The van der Waals surface area contributed by atoms with Gasteiger partial charge in [0.05, 0.1) is 24.9 Å². The van der Waals surface area contributed by atoms with Gasteiger partial charge < -0.3 is 14.2 Å². The van der Waals surface area contributed by atoms with E-state index in [1.165, 1.54) is 24.1 Å². The normalized spacial score (nSPS) is 19.0. The number of aromatic amines is 1. The van der Waals surface area contributed by atoms with Crippen LogP contribution in [-0.2, 0) is 30.7 Å². The molecule has 1 fully saturated rings. The minimum absolute atomic E-state index is 0.0515. The number of carbonyl (C=O) groups is 1. The summed E-state index contributed by atoms with van der Waals surface area (Å²) in [5.41, 5.74) is 4.09. The van der Waals surface area contributed by atoms with Gasteiger partial charge in [-0.25, -0.2) is 0 Å². The molecule has 4 rings (SSSR count). The highest BCUT2D eigenvalue weighted by Gasteiger charge is 2.24. The first-order valence-corrected chi connectivity index (χ1v) is 10.7. The Morgan fingerprint density at radius 2 is 2.14 bits per heavy atom. The second-order valence-electron chi connectivity index (χ2n) is 8.32. The van der Waals surface area contributed by atoms with Gasteiger partial charge in [-0.05, 0) is 62.6 Å². The fourth-order valence-electron chi connectivity index (χ4n) is 4.42. The zero-order chi connectivity index (χ0) is 20.4. The van der Waals surface area contributed by atoms with E-state index in [1.54, 1.807) is 22.7 Å². The molecule has 3 heterocycles. The van der Waals surface area contributed by atoms with Crippen molar-refractivity contribution < 1.29 is 9.53 Å². The number of nitrogens with one attached hydrogen (secondary N) is 1. The summed E-state index contributed by atoms with van der Waals surface area (Å²) in [7, 11) is 1.75. The number of aromatic nitrogens is 3. The quantitative estimate of drug-likeness (QED) is 0.785. The Morgan fingerprint density at radius 1 is 1.31 bits per heavy atom. The molecular formula is C22H30N4O3. The third-order valence-electron chi connectivity index (χ3n) is 6.14. The first kappa shape index (κ1) is 19.9. The summed E-state index contributed by atoms with van der Waals surface area (Å²) in [6.45, 7) is 3.47. The molecule has 1 aliphatic carbocycles. The third kappa shape index (κ3) is 4.15.